The van der Waals surface area contributed by atoms with E-state index in [0.717, 1.165) is 30.0 Å². The molecule has 1 unspecified atom stereocenters. The predicted molar refractivity (Wildman–Crippen MR) is 115 cm³/mol. The van der Waals surface area contributed by atoms with Gasteiger partial charge in [-0.1, -0.05) is 43.3 Å². The van der Waals surface area contributed by atoms with Gasteiger partial charge in [-0.05, 0) is 31.0 Å². The van der Waals surface area contributed by atoms with Crippen LogP contribution in [0.15, 0.2) is 67.0 Å². The van der Waals surface area contributed by atoms with E-state index in [0.29, 0.717) is 11.5 Å². The lowest BCUT2D eigenvalue weighted by Crippen LogP contribution is -2.26. The maximum Gasteiger partial charge on any atom is 0.261 e. The second kappa shape index (κ2) is 9.68. The summed E-state index contributed by atoms with van der Waals surface area (Å²) >= 11 is 0. The Labute approximate surface area is 171 Å². The van der Waals surface area contributed by atoms with E-state index in [1.807, 2.05) is 49.4 Å². The van der Waals surface area contributed by atoms with Crippen LogP contribution >= 0.6 is 0 Å². The van der Waals surface area contributed by atoms with Gasteiger partial charge in [0.05, 0.1) is 5.56 Å². The SMILES string of the molecule is CCNc1ncc(C(=O)N(C)c2cccc(OC(CC)c3ccccc3)c2)cn1. The molecule has 0 radical (unpaired) electrons. The number of rotatable bonds is 8. The van der Waals surface area contributed by atoms with E-state index in [-0.39, 0.29) is 12.0 Å². The number of anilines is 2. The molecule has 2 aromatic carbocycles. The first-order valence-electron chi connectivity index (χ1n) is 9.78. The van der Waals surface area contributed by atoms with Crippen molar-refractivity contribution in [1.82, 2.24) is 9.97 Å². The second-order valence-electron chi connectivity index (χ2n) is 6.61. The van der Waals surface area contributed by atoms with Gasteiger partial charge in [0, 0.05) is 37.7 Å². The van der Waals surface area contributed by atoms with Gasteiger partial charge in [-0.3, -0.25) is 4.79 Å². The molecule has 0 spiro atoms. The molecule has 29 heavy (non-hydrogen) atoms. The summed E-state index contributed by atoms with van der Waals surface area (Å²) in [6.45, 7) is 4.78. The van der Waals surface area contributed by atoms with E-state index in [1.54, 1.807) is 11.9 Å². The molecule has 0 fully saturated rings. The van der Waals surface area contributed by atoms with Crippen molar-refractivity contribution in [3.63, 3.8) is 0 Å². The number of hydrogen-bond acceptors (Lipinski definition) is 5. The maximum atomic E-state index is 12.8. The molecule has 1 amide bonds. The Kier molecular flexibility index (Phi) is 6.79. The summed E-state index contributed by atoms with van der Waals surface area (Å²) in [5.41, 5.74) is 2.30. The lowest BCUT2D eigenvalue weighted by Gasteiger charge is -2.21. The molecule has 0 aliphatic carbocycles. The normalized spacial score (nSPS) is 11.6. The van der Waals surface area contributed by atoms with Gasteiger partial charge in [0.15, 0.2) is 0 Å². The highest BCUT2D eigenvalue weighted by atomic mass is 16.5. The zero-order valence-corrected chi connectivity index (χ0v) is 17.0. The van der Waals surface area contributed by atoms with Crippen LogP contribution in [-0.2, 0) is 0 Å². The minimum atomic E-state index is -0.180. The van der Waals surface area contributed by atoms with Crippen molar-refractivity contribution in [2.45, 2.75) is 26.4 Å². The fourth-order valence-electron chi connectivity index (χ4n) is 2.98. The van der Waals surface area contributed by atoms with Gasteiger partial charge in [0.2, 0.25) is 5.95 Å². The van der Waals surface area contributed by atoms with E-state index >= 15 is 0 Å². The van der Waals surface area contributed by atoms with Crippen LogP contribution in [0, 0.1) is 0 Å². The smallest absolute Gasteiger partial charge is 0.261 e. The van der Waals surface area contributed by atoms with Crippen molar-refractivity contribution < 1.29 is 9.53 Å². The van der Waals surface area contributed by atoms with E-state index in [9.17, 15) is 4.79 Å². The number of carbonyl (C=O) groups excluding carboxylic acids is 1. The number of hydrogen-bond donors (Lipinski definition) is 1. The van der Waals surface area contributed by atoms with Crippen molar-refractivity contribution in [1.29, 1.82) is 0 Å². The van der Waals surface area contributed by atoms with Crippen molar-refractivity contribution >= 4 is 17.5 Å². The standard InChI is InChI=1S/C23H26N4O2/c1-4-21(17-10-7-6-8-11-17)29-20-13-9-12-19(14-20)27(3)22(28)18-15-25-23(24-5-2)26-16-18/h6-16,21H,4-5H2,1-3H3,(H,24,25,26). The summed E-state index contributed by atoms with van der Waals surface area (Å²) in [5, 5.41) is 3.02. The van der Waals surface area contributed by atoms with Crippen LogP contribution in [0.5, 0.6) is 5.75 Å². The molecule has 0 aliphatic rings. The lowest BCUT2D eigenvalue weighted by molar-refractivity contribution is 0.0992. The second-order valence-corrected chi connectivity index (χ2v) is 6.61. The molecule has 150 valence electrons. The summed E-state index contributed by atoms with van der Waals surface area (Å²) in [6, 6.07) is 17.7. The van der Waals surface area contributed by atoms with Gasteiger partial charge < -0.3 is 15.0 Å². The van der Waals surface area contributed by atoms with E-state index in [2.05, 4.69) is 34.3 Å². The fourth-order valence-corrected chi connectivity index (χ4v) is 2.98. The van der Waals surface area contributed by atoms with Gasteiger partial charge >= 0.3 is 0 Å². The Bertz CT molecular complexity index is 929. The molecule has 1 aromatic heterocycles. The summed E-state index contributed by atoms with van der Waals surface area (Å²) in [4.78, 5) is 22.7. The molecule has 1 N–H and O–H groups in total. The highest BCUT2D eigenvalue weighted by Crippen LogP contribution is 2.28. The number of nitrogens with one attached hydrogen (secondary N) is 1. The van der Waals surface area contributed by atoms with Crippen molar-refractivity contribution in [2.24, 2.45) is 0 Å². The highest BCUT2D eigenvalue weighted by Gasteiger charge is 2.16. The number of nitrogens with zero attached hydrogens (tertiary/aromatic N) is 3. The number of carbonyl (C=O) groups is 1. The Morgan fingerprint density at radius 2 is 1.79 bits per heavy atom. The summed E-state index contributed by atoms with van der Waals surface area (Å²) in [7, 11) is 1.73. The van der Waals surface area contributed by atoms with E-state index in [1.165, 1.54) is 12.4 Å². The number of ether oxygens (including phenoxy) is 1. The predicted octanol–water partition coefficient (Wildman–Crippen LogP) is 4.72. The molecular weight excluding hydrogens is 364 g/mol. The molecule has 0 aliphatic heterocycles. The van der Waals surface area contributed by atoms with Crippen LogP contribution in [0.4, 0.5) is 11.6 Å². The Hall–Kier alpha value is -3.41. The molecule has 3 aromatic rings. The fraction of sp³-hybridized carbons (Fsp3) is 0.261. The molecular formula is C23H26N4O2. The number of aromatic nitrogens is 2. The summed E-state index contributed by atoms with van der Waals surface area (Å²) < 4.78 is 6.20. The van der Waals surface area contributed by atoms with Crippen LogP contribution in [0.1, 0.15) is 42.3 Å². The minimum absolute atomic E-state index is 0.0422. The first kappa shape index (κ1) is 20.3. The van der Waals surface area contributed by atoms with Gasteiger partial charge in [-0.25, -0.2) is 9.97 Å². The quantitative estimate of drug-likeness (QED) is 0.603. The molecule has 0 saturated carbocycles. The third-order valence-corrected chi connectivity index (χ3v) is 4.56. The monoisotopic (exact) mass is 390 g/mol. The van der Waals surface area contributed by atoms with Crippen molar-refractivity contribution in [2.75, 3.05) is 23.8 Å². The first-order valence-corrected chi connectivity index (χ1v) is 9.78. The average molecular weight is 390 g/mol. The van der Waals surface area contributed by atoms with Crippen LogP contribution < -0.4 is 15.0 Å². The zero-order valence-electron chi connectivity index (χ0n) is 17.0. The largest absolute Gasteiger partial charge is 0.486 e. The molecule has 1 heterocycles. The third-order valence-electron chi connectivity index (χ3n) is 4.56. The van der Waals surface area contributed by atoms with E-state index in [4.69, 9.17) is 4.74 Å². The van der Waals surface area contributed by atoms with Gasteiger partial charge in [-0.15, -0.1) is 0 Å². The third kappa shape index (κ3) is 5.10. The van der Waals surface area contributed by atoms with Gasteiger partial charge in [0.1, 0.15) is 11.9 Å². The number of benzene rings is 2. The summed E-state index contributed by atoms with van der Waals surface area (Å²) in [6.07, 6.45) is 3.87. The first-order chi connectivity index (χ1) is 14.1. The summed E-state index contributed by atoms with van der Waals surface area (Å²) in [5.74, 6) is 1.05. The molecule has 0 saturated heterocycles. The van der Waals surface area contributed by atoms with Crippen LogP contribution in [0.3, 0.4) is 0 Å². The molecule has 1 atom stereocenters. The Morgan fingerprint density at radius 3 is 2.45 bits per heavy atom. The minimum Gasteiger partial charge on any atom is -0.486 e. The van der Waals surface area contributed by atoms with Crippen LogP contribution in [0.25, 0.3) is 0 Å². The molecule has 6 heteroatoms. The van der Waals surface area contributed by atoms with Crippen molar-refractivity contribution in [3.05, 3.63) is 78.1 Å². The highest BCUT2D eigenvalue weighted by molar-refractivity contribution is 6.05. The topological polar surface area (TPSA) is 67.4 Å². The molecule has 6 nitrogen and oxygen atoms in total. The van der Waals surface area contributed by atoms with E-state index < -0.39 is 0 Å². The lowest BCUT2D eigenvalue weighted by atomic mass is 10.1. The molecule has 3 rings (SSSR count). The molecule has 0 bridgehead atoms. The van der Waals surface area contributed by atoms with Gasteiger partial charge in [0.25, 0.3) is 5.91 Å². The van der Waals surface area contributed by atoms with Crippen LogP contribution in [0.2, 0.25) is 0 Å². The Morgan fingerprint density at radius 1 is 1.07 bits per heavy atom. The number of amides is 1. The van der Waals surface area contributed by atoms with Crippen molar-refractivity contribution in [3.8, 4) is 5.75 Å². The maximum absolute atomic E-state index is 12.8. The van der Waals surface area contributed by atoms with Crippen LogP contribution in [-0.4, -0.2) is 29.5 Å². The Balaban J connectivity index is 1.74. The average Bonchev–Trinajstić information content (AvgIpc) is 2.78. The van der Waals surface area contributed by atoms with Gasteiger partial charge in [-0.2, -0.15) is 0 Å². The zero-order chi connectivity index (χ0) is 20.6.